The van der Waals surface area contributed by atoms with Crippen LogP contribution in [0.2, 0.25) is 0 Å². The zero-order valence-electron chi connectivity index (χ0n) is 18.2. The number of hydrogen-bond donors (Lipinski definition) is 4. The summed E-state index contributed by atoms with van der Waals surface area (Å²) in [6.45, 7) is 0. The van der Waals surface area contributed by atoms with Crippen LogP contribution in [0, 0.1) is 0 Å². The van der Waals surface area contributed by atoms with Gasteiger partial charge < -0.3 is 35.9 Å². The van der Waals surface area contributed by atoms with E-state index in [4.69, 9.17) is 25.7 Å². The molecule has 176 valence electrons. The van der Waals surface area contributed by atoms with E-state index in [-0.39, 0.29) is 22.6 Å². The Bertz CT molecular complexity index is 1280. The Morgan fingerprint density at radius 2 is 0.829 bits per heavy atom. The van der Waals surface area contributed by atoms with Gasteiger partial charge in [0, 0.05) is 11.4 Å². The number of benzene rings is 4. The predicted octanol–water partition coefficient (Wildman–Crippen LogP) is 5.62. The van der Waals surface area contributed by atoms with Gasteiger partial charge in [-0.15, -0.1) is 0 Å². The van der Waals surface area contributed by atoms with Crippen LogP contribution in [-0.2, 0) is 0 Å². The summed E-state index contributed by atoms with van der Waals surface area (Å²) in [6.07, 6.45) is 0. The Hall–Kier alpha value is -5.18. The Kier molecular flexibility index (Phi) is 6.41. The number of hydrogen-bond acceptors (Lipinski definition) is 7. The Morgan fingerprint density at radius 1 is 0.514 bits per heavy atom. The molecule has 0 heterocycles. The van der Waals surface area contributed by atoms with Gasteiger partial charge in [0.05, 0.1) is 0 Å². The molecule has 0 atom stereocenters. The first kappa shape index (κ1) is 23.0. The third-order valence-electron chi connectivity index (χ3n) is 4.81. The standard InChI is InChI=1S/C26H20N2O7/c27-15-1-11-23(21(13-15)25(29)30)34-19-7-3-17(4-8-19)33-18-5-9-20(10-6-18)35-24-12-2-16(28)14-22(24)26(31)32/h1-14H,27-28H2,(H,29,30)(H,31,32). The quantitative estimate of drug-likeness (QED) is 0.239. The minimum absolute atomic E-state index is 0.0397. The second-order valence-corrected chi connectivity index (χ2v) is 7.37. The molecule has 4 aromatic carbocycles. The van der Waals surface area contributed by atoms with Crippen molar-refractivity contribution in [1.29, 1.82) is 0 Å². The lowest BCUT2D eigenvalue weighted by Gasteiger charge is -2.12. The highest BCUT2D eigenvalue weighted by Crippen LogP contribution is 2.32. The lowest BCUT2D eigenvalue weighted by atomic mass is 10.2. The molecular weight excluding hydrogens is 452 g/mol. The summed E-state index contributed by atoms with van der Waals surface area (Å²) in [5.41, 5.74) is 11.9. The van der Waals surface area contributed by atoms with Gasteiger partial charge in [-0.05, 0) is 84.9 Å². The zero-order chi connectivity index (χ0) is 24.9. The fourth-order valence-corrected chi connectivity index (χ4v) is 3.15. The van der Waals surface area contributed by atoms with Gasteiger partial charge in [0.2, 0.25) is 0 Å². The first-order valence-corrected chi connectivity index (χ1v) is 10.3. The van der Waals surface area contributed by atoms with E-state index in [2.05, 4.69) is 0 Å². The Balaban J connectivity index is 1.42. The van der Waals surface area contributed by atoms with Gasteiger partial charge in [0.15, 0.2) is 0 Å². The third kappa shape index (κ3) is 5.60. The van der Waals surface area contributed by atoms with Gasteiger partial charge in [-0.3, -0.25) is 0 Å². The first-order valence-electron chi connectivity index (χ1n) is 10.3. The second-order valence-electron chi connectivity index (χ2n) is 7.37. The van der Waals surface area contributed by atoms with Crippen molar-refractivity contribution in [3.8, 4) is 34.5 Å². The summed E-state index contributed by atoms with van der Waals surface area (Å²) in [5, 5.41) is 18.7. The molecule has 4 rings (SSSR count). The molecule has 0 amide bonds. The number of carbonyl (C=O) groups is 2. The number of carboxylic acid groups (broad SMARTS) is 2. The molecule has 9 nitrogen and oxygen atoms in total. The summed E-state index contributed by atoms with van der Waals surface area (Å²) in [7, 11) is 0. The lowest BCUT2D eigenvalue weighted by molar-refractivity contribution is 0.0683. The minimum atomic E-state index is -1.14. The van der Waals surface area contributed by atoms with Crippen LogP contribution in [-0.4, -0.2) is 22.2 Å². The maximum absolute atomic E-state index is 11.4. The summed E-state index contributed by atoms with van der Waals surface area (Å²) in [5.74, 6) is -0.0593. The highest BCUT2D eigenvalue weighted by Gasteiger charge is 2.14. The number of anilines is 2. The molecule has 0 aromatic heterocycles. The van der Waals surface area contributed by atoms with Gasteiger partial charge in [0.25, 0.3) is 0 Å². The molecule has 0 bridgehead atoms. The van der Waals surface area contributed by atoms with Crippen LogP contribution in [0.15, 0.2) is 84.9 Å². The van der Waals surface area contributed by atoms with Gasteiger partial charge in [-0.2, -0.15) is 0 Å². The number of rotatable bonds is 8. The number of aromatic carboxylic acids is 2. The summed E-state index contributed by atoms with van der Waals surface area (Å²) in [4.78, 5) is 22.8. The van der Waals surface area contributed by atoms with Crippen LogP contribution < -0.4 is 25.7 Å². The summed E-state index contributed by atoms with van der Waals surface area (Å²) < 4.78 is 17.2. The van der Waals surface area contributed by atoms with Gasteiger partial charge in [0.1, 0.15) is 45.6 Å². The number of nitrogen functional groups attached to an aromatic ring is 2. The van der Waals surface area contributed by atoms with Gasteiger partial charge in [-0.25, -0.2) is 9.59 Å². The number of carboxylic acids is 2. The van der Waals surface area contributed by atoms with Crippen molar-refractivity contribution >= 4 is 23.3 Å². The molecule has 0 saturated carbocycles. The van der Waals surface area contributed by atoms with Gasteiger partial charge >= 0.3 is 11.9 Å². The van der Waals surface area contributed by atoms with Crippen molar-refractivity contribution < 1.29 is 34.0 Å². The molecular formula is C26H20N2O7. The molecule has 0 radical (unpaired) electrons. The van der Waals surface area contributed by atoms with Crippen LogP contribution >= 0.6 is 0 Å². The predicted molar refractivity (Wildman–Crippen MR) is 129 cm³/mol. The first-order chi connectivity index (χ1) is 16.8. The fourth-order valence-electron chi connectivity index (χ4n) is 3.15. The van der Waals surface area contributed by atoms with E-state index in [0.29, 0.717) is 34.4 Å². The maximum atomic E-state index is 11.4. The van der Waals surface area contributed by atoms with Crippen LogP contribution in [0.25, 0.3) is 0 Å². The molecule has 6 N–H and O–H groups in total. The van der Waals surface area contributed by atoms with E-state index in [1.165, 1.54) is 24.3 Å². The molecule has 0 saturated heterocycles. The smallest absolute Gasteiger partial charge is 0.339 e. The lowest BCUT2D eigenvalue weighted by Crippen LogP contribution is -2.01. The van der Waals surface area contributed by atoms with Crippen molar-refractivity contribution in [2.45, 2.75) is 0 Å². The van der Waals surface area contributed by atoms with Crippen LogP contribution in [0.3, 0.4) is 0 Å². The highest BCUT2D eigenvalue weighted by molar-refractivity contribution is 5.92. The van der Waals surface area contributed by atoms with E-state index in [1.807, 2.05) is 0 Å². The van der Waals surface area contributed by atoms with Crippen molar-refractivity contribution in [2.75, 3.05) is 11.5 Å². The van der Waals surface area contributed by atoms with E-state index in [0.717, 1.165) is 0 Å². The Morgan fingerprint density at radius 3 is 1.14 bits per heavy atom. The normalized spacial score (nSPS) is 10.4. The van der Waals surface area contributed by atoms with Crippen LogP contribution in [0.1, 0.15) is 20.7 Å². The van der Waals surface area contributed by atoms with E-state index in [1.54, 1.807) is 60.7 Å². The zero-order valence-corrected chi connectivity index (χ0v) is 18.2. The highest BCUT2D eigenvalue weighted by atomic mass is 16.5. The largest absolute Gasteiger partial charge is 0.478 e. The van der Waals surface area contributed by atoms with Crippen molar-refractivity contribution in [3.05, 3.63) is 96.1 Å². The number of ether oxygens (including phenoxy) is 3. The topological polar surface area (TPSA) is 154 Å². The van der Waals surface area contributed by atoms with E-state index < -0.39 is 11.9 Å². The van der Waals surface area contributed by atoms with E-state index in [9.17, 15) is 19.8 Å². The van der Waals surface area contributed by atoms with Gasteiger partial charge in [-0.1, -0.05) is 0 Å². The molecule has 0 fully saturated rings. The molecule has 35 heavy (non-hydrogen) atoms. The van der Waals surface area contributed by atoms with Crippen molar-refractivity contribution in [3.63, 3.8) is 0 Å². The fraction of sp³-hybridized carbons (Fsp3) is 0. The molecule has 0 unspecified atom stereocenters. The number of nitrogens with two attached hydrogens (primary N) is 2. The average molecular weight is 472 g/mol. The molecule has 0 aliphatic carbocycles. The maximum Gasteiger partial charge on any atom is 0.339 e. The molecule has 0 aliphatic heterocycles. The average Bonchev–Trinajstić information content (AvgIpc) is 2.83. The van der Waals surface area contributed by atoms with E-state index >= 15 is 0 Å². The van der Waals surface area contributed by atoms with Crippen molar-refractivity contribution in [2.24, 2.45) is 0 Å². The van der Waals surface area contributed by atoms with Crippen LogP contribution in [0.5, 0.6) is 34.5 Å². The molecule has 0 spiro atoms. The third-order valence-corrected chi connectivity index (χ3v) is 4.81. The SMILES string of the molecule is Nc1ccc(Oc2ccc(Oc3ccc(Oc4ccc(N)cc4C(=O)O)cc3)cc2)c(C(=O)O)c1. The summed E-state index contributed by atoms with van der Waals surface area (Å²) in [6, 6.07) is 22.0. The summed E-state index contributed by atoms with van der Waals surface area (Å²) >= 11 is 0. The molecule has 4 aromatic rings. The molecule has 9 heteroatoms. The van der Waals surface area contributed by atoms with Crippen molar-refractivity contribution in [1.82, 2.24) is 0 Å². The Labute approximate surface area is 199 Å². The minimum Gasteiger partial charge on any atom is -0.478 e. The second kappa shape index (κ2) is 9.75. The molecule has 0 aliphatic rings. The van der Waals surface area contributed by atoms with Crippen LogP contribution in [0.4, 0.5) is 11.4 Å². The monoisotopic (exact) mass is 472 g/mol.